The monoisotopic (exact) mass is 452 g/mol. The van der Waals surface area contributed by atoms with Gasteiger partial charge in [-0.05, 0) is 53.9 Å². The second-order valence-electron chi connectivity index (χ2n) is 6.88. The van der Waals surface area contributed by atoms with Crippen molar-refractivity contribution in [2.45, 2.75) is 20.0 Å². The van der Waals surface area contributed by atoms with Gasteiger partial charge >= 0.3 is 0 Å². The van der Waals surface area contributed by atoms with E-state index >= 15 is 0 Å². The lowest BCUT2D eigenvalue weighted by Gasteiger charge is -2.12. The summed E-state index contributed by atoms with van der Waals surface area (Å²) in [5.74, 6) is 1.27. The van der Waals surface area contributed by atoms with Gasteiger partial charge in [0.2, 0.25) is 0 Å². The van der Waals surface area contributed by atoms with Crippen LogP contribution in [0.5, 0.6) is 17.2 Å². The molecule has 1 N–H and O–H groups in total. The van der Waals surface area contributed by atoms with E-state index in [9.17, 15) is 4.79 Å². The summed E-state index contributed by atoms with van der Waals surface area (Å²) in [5.41, 5.74) is 4.68. The fraction of sp³-hybridized carbons (Fsp3) is 0.200. The molecule has 0 aliphatic carbocycles. The number of hydrogen-bond acceptors (Lipinski definition) is 5. The normalized spacial score (nSPS) is 10.7. The quantitative estimate of drug-likeness (QED) is 0.326. The molecular weight excluding hydrogens is 428 g/mol. The molecule has 0 radical (unpaired) electrons. The summed E-state index contributed by atoms with van der Waals surface area (Å²) in [7, 11) is 1.53. The Morgan fingerprint density at radius 1 is 1.00 bits per heavy atom. The summed E-state index contributed by atoms with van der Waals surface area (Å²) >= 11 is 6.22. The maximum Gasteiger partial charge on any atom is 0.271 e. The highest BCUT2D eigenvalue weighted by atomic mass is 35.5. The Labute approximate surface area is 192 Å². The van der Waals surface area contributed by atoms with Crippen molar-refractivity contribution in [3.8, 4) is 17.2 Å². The van der Waals surface area contributed by atoms with Crippen LogP contribution >= 0.6 is 11.6 Å². The highest BCUT2D eigenvalue weighted by molar-refractivity contribution is 6.32. The molecule has 32 heavy (non-hydrogen) atoms. The van der Waals surface area contributed by atoms with E-state index in [4.69, 9.17) is 25.8 Å². The van der Waals surface area contributed by atoms with Crippen LogP contribution in [0.3, 0.4) is 0 Å². The maximum absolute atomic E-state index is 12.5. The molecule has 0 aliphatic rings. The molecule has 0 unspecified atom stereocenters. The van der Waals surface area contributed by atoms with E-state index in [1.54, 1.807) is 30.3 Å². The van der Waals surface area contributed by atoms with Crippen molar-refractivity contribution in [3.05, 3.63) is 88.4 Å². The van der Waals surface area contributed by atoms with E-state index in [0.717, 1.165) is 17.5 Å². The lowest BCUT2D eigenvalue weighted by atomic mass is 10.2. The van der Waals surface area contributed by atoms with Crippen molar-refractivity contribution in [1.29, 1.82) is 0 Å². The second kappa shape index (κ2) is 11.8. The summed E-state index contributed by atoms with van der Waals surface area (Å²) in [6.45, 7) is 3.03. The first kappa shape index (κ1) is 23.2. The number of carbonyl (C=O) groups excluding carboxylic acids is 1. The van der Waals surface area contributed by atoms with E-state index in [1.807, 2.05) is 43.3 Å². The smallest absolute Gasteiger partial charge is 0.271 e. The first-order valence-electron chi connectivity index (χ1n) is 10.2. The molecule has 0 aromatic heterocycles. The standard InChI is InChI=1S/C25H25ClN2O4/c1-3-13-31-22-11-9-19(14-21(22)26)16-27-28-25(29)20-10-12-23(24(15-20)30-2)32-17-18-7-5-4-6-8-18/h4-12,14-16H,3,13,17H2,1-2H3,(H,28,29)/b27-16+. The number of carbonyl (C=O) groups is 1. The van der Waals surface area contributed by atoms with Crippen LogP contribution in [0.4, 0.5) is 0 Å². The molecule has 6 nitrogen and oxygen atoms in total. The minimum absolute atomic E-state index is 0.372. The van der Waals surface area contributed by atoms with Crippen molar-refractivity contribution < 1.29 is 19.0 Å². The zero-order valence-corrected chi connectivity index (χ0v) is 18.8. The Morgan fingerprint density at radius 3 is 2.50 bits per heavy atom. The third kappa shape index (κ3) is 6.49. The Morgan fingerprint density at radius 2 is 1.78 bits per heavy atom. The van der Waals surface area contributed by atoms with Gasteiger partial charge in [-0.15, -0.1) is 0 Å². The molecule has 0 saturated carbocycles. The van der Waals surface area contributed by atoms with E-state index in [0.29, 0.717) is 41.0 Å². The van der Waals surface area contributed by atoms with Gasteiger partial charge in [-0.1, -0.05) is 48.9 Å². The van der Waals surface area contributed by atoms with Gasteiger partial charge in [0, 0.05) is 5.56 Å². The third-order valence-electron chi connectivity index (χ3n) is 4.46. The van der Waals surface area contributed by atoms with Gasteiger partial charge in [0.1, 0.15) is 12.4 Å². The minimum atomic E-state index is -0.372. The summed E-state index contributed by atoms with van der Waals surface area (Å²) in [5, 5.41) is 4.50. The molecule has 0 bridgehead atoms. The fourth-order valence-electron chi connectivity index (χ4n) is 2.82. The number of hydrazone groups is 1. The zero-order valence-electron chi connectivity index (χ0n) is 18.0. The SMILES string of the molecule is CCCOc1ccc(/C=N/NC(=O)c2ccc(OCc3ccccc3)c(OC)c2)cc1Cl. The number of nitrogens with zero attached hydrogens (tertiary/aromatic N) is 1. The minimum Gasteiger partial charge on any atom is -0.493 e. The predicted octanol–water partition coefficient (Wildman–Crippen LogP) is 5.48. The fourth-order valence-corrected chi connectivity index (χ4v) is 3.06. The number of benzene rings is 3. The van der Waals surface area contributed by atoms with Crippen LogP contribution in [0, 0.1) is 0 Å². The molecule has 3 aromatic carbocycles. The number of nitrogens with one attached hydrogen (secondary N) is 1. The molecule has 7 heteroatoms. The predicted molar refractivity (Wildman–Crippen MR) is 126 cm³/mol. The average Bonchev–Trinajstić information content (AvgIpc) is 2.82. The number of halogens is 1. The van der Waals surface area contributed by atoms with Gasteiger partial charge in [-0.25, -0.2) is 5.43 Å². The molecule has 0 heterocycles. The van der Waals surface area contributed by atoms with Crippen LogP contribution in [0.2, 0.25) is 5.02 Å². The van der Waals surface area contributed by atoms with Crippen LogP contribution in [-0.2, 0) is 6.61 Å². The Balaban J connectivity index is 1.60. The number of methoxy groups -OCH3 is 1. The molecule has 3 aromatic rings. The number of amides is 1. The van der Waals surface area contributed by atoms with Gasteiger partial charge in [0.05, 0.1) is 25.0 Å². The van der Waals surface area contributed by atoms with Gasteiger partial charge in [0.25, 0.3) is 5.91 Å². The summed E-state index contributed by atoms with van der Waals surface area (Å²) in [4.78, 5) is 12.5. The number of hydrogen-bond donors (Lipinski definition) is 1. The van der Waals surface area contributed by atoms with E-state index in [1.165, 1.54) is 13.3 Å². The van der Waals surface area contributed by atoms with Crippen molar-refractivity contribution in [2.24, 2.45) is 5.10 Å². The lowest BCUT2D eigenvalue weighted by Crippen LogP contribution is -2.17. The van der Waals surface area contributed by atoms with Crippen molar-refractivity contribution in [2.75, 3.05) is 13.7 Å². The van der Waals surface area contributed by atoms with Crippen molar-refractivity contribution in [3.63, 3.8) is 0 Å². The first-order valence-corrected chi connectivity index (χ1v) is 10.6. The van der Waals surface area contributed by atoms with Crippen LogP contribution in [0.15, 0.2) is 71.8 Å². The highest BCUT2D eigenvalue weighted by Gasteiger charge is 2.11. The van der Waals surface area contributed by atoms with E-state index in [2.05, 4.69) is 10.5 Å². The molecule has 0 saturated heterocycles. The molecule has 0 fully saturated rings. The summed E-state index contributed by atoms with van der Waals surface area (Å²) in [6, 6.07) is 20.1. The number of rotatable bonds is 10. The van der Waals surface area contributed by atoms with Crippen LogP contribution in [-0.4, -0.2) is 25.8 Å². The third-order valence-corrected chi connectivity index (χ3v) is 4.76. The summed E-state index contributed by atoms with van der Waals surface area (Å²) in [6.07, 6.45) is 2.42. The van der Waals surface area contributed by atoms with Crippen molar-refractivity contribution >= 4 is 23.7 Å². The molecule has 166 valence electrons. The molecule has 0 aliphatic heterocycles. The van der Waals surface area contributed by atoms with Gasteiger partial charge in [-0.2, -0.15) is 5.10 Å². The van der Waals surface area contributed by atoms with Gasteiger partial charge in [-0.3, -0.25) is 4.79 Å². The van der Waals surface area contributed by atoms with Crippen LogP contribution < -0.4 is 19.6 Å². The molecule has 0 spiro atoms. The second-order valence-corrected chi connectivity index (χ2v) is 7.28. The number of ether oxygens (including phenoxy) is 3. The average molecular weight is 453 g/mol. The van der Waals surface area contributed by atoms with Gasteiger partial charge < -0.3 is 14.2 Å². The van der Waals surface area contributed by atoms with Crippen LogP contribution in [0.1, 0.15) is 34.8 Å². The van der Waals surface area contributed by atoms with E-state index < -0.39 is 0 Å². The largest absolute Gasteiger partial charge is 0.493 e. The Bertz CT molecular complexity index is 1070. The first-order chi connectivity index (χ1) is 15.6. The van der Waals surface area contributed by atoms with E-state index in [-0.39, 0.29) is 5.91 Å². The maximum atomic E-state index is 12.5. The highest BCUT2D eigenvalue weighted by Crippen LogP contribution is 2.29. The molecule has 3 rings (SSSR count). The molecular formula is C25H25ClN2O4. The van der Waals surface area contributed by atoms with Crippen molar-refractivity contribution in [1.82, 2.24) is 5.43 Å². The van der Waals surface area contributed by atoms with Crippen LogP contribution in [0.25, 0.3) is 0 Å². The zero-order chi connectivity index (χ0) is 22.8. The Kier molecular flexibility index (Phi) is 8.52. The van der Waals surface area contributed by atoms with Gasteiger partial charge in [0.15, 0.2) is 11.5 Å². The lowest BCUT2D eigenvalue weighted by molar-refractivity contribution is 0.0954. The topological polar surface area (TPSA) is 69.2 Å². The molecule has 0 atom stereocenters. The summed E-state index contributed by atoms with van der Waals surface area (Å²) < 4.78 is 16.8. The Hall–Kier alpha value is -3.51. The molecule has 1 amide bonds.